The van der Waals surface area contributed by atoms with Crippen LogP contribution in [0, 0.1) is 5.82 Å². The van der Waals surface area contributed by atoms with Crippen molar-refractivity contribution in [2.75, 3.05) is 5.32 Å². The summed E-state index contributed by atoms with van der Waals surface area (Å²) in [6, 6.07) is 10.5. The molecule has 3 aromatic heterocycles. The molecule has 0 saturated heterocycles. The van der Waals surface area contributed by atoms with E-state index < -0.39 is 0 Å². The summed E-state index contributed by atoms with van der Waals surface area (Å²) in [5.41, 5.74) is 1.95. The fraction of sp³-hybridized carbons (Fsp3) is 0.0667. The van der Waals surface area contributed by atoms with Gasteiger partial charge in [0, 0.05) is 6.54 Å². The van der Waals surface area contributed by atoms with Crippen molar-refractivity contribution in [2.24, 2.45) is 0 Å². The maximum Gasteiger partial charge on any atom is 0.214 e. The number of nitrogens with one attached hydrogen (secondary N) is 1. The summed E-state index contributed by atoms with van der Waals surface area (Å²) in [6.07, 6.45) is 1.93. The van der Waals surface area contributed by atoms with Crippen LogP contribution in [-0.4, -0.2) is 14.6 Å². The molecule has 4 nitrogen and oxygen atoms in total. The zero-order chi connectivity index (χ0) is 14.9. The van der Waals surface area contributed by atoms with E-state index in [0.717, 1.165) is 26.2 Å². The Hall–Kier alpha value is -2.25. The third-order valence-electron chi connectivity index (χ3n) is 3.17. The quantitative estimate of drug-likeness (QED) is 0.607. The Labute approximate surface area is 133 Å². The maximum atomic E-state index is 12.9. The van der Waals surface area contributed by atoms with Crippen LogP contribution in [0.5, 0.6) is 0 Å². The molecule has 4 aromatic rings. The number of hydrogen-bond acceptors (Lipinski definition) is 5. The van der Waals surface area contributed by atoms with Crippen molar-refractivity contribution in [3.63, 3.8) is 0 Å². The minimum atomic E-state index is -0.224. The van der Waals surface area contributed by atoms with Gasteiger partial charge in [-0.15, -0.1) is 16.4 Å². The lowest BCUT2D eigenvalue weighted by Crippen LogP contribution is -1.99. The topological polar surface area (TPSA) is 42.2 Å². The number of halogens is 1. The van der Waals surface area contributed by atoms with E-state index in [2.05, 4.69) is 15.4 Å². The van der Waals surface area contributed by atoms with Gasteiger partial charge >= 0.3 is 0 Å². The highest BCUT2D eigenvalue weighted by Gasteiger charge is 2.10. The van der Waals surface area contributed by atoms with Crippen molar-refractivity contribution in [2.45, 2.75) is 6.54 Å². The van der Waals surface area contributed by atoms with Gasteiger partial charge < -0.3 is 5.32 Å². The fourth-order valence-corrected chi connectivity index (χ4v) is 3.55. The Morgan fingerprint density at radius 2 is 2.05 bits per heavy atom. The smallest absolute Gasteiger partial charge is 0.214 e. The highest BCUT2D eigenvalue weighted by molar-refractivity contribution is 7.20. The molecule has 0 amide bonds. The number of nitrogens with zero attached hydrogens (tertiary/aromatic N) is 3. The summed E-state index contributed by atoms with van der Waals surface area (Å²) in [5.74, 6) is -0.224. The molecule has 0 radical (unpaired) electrons. The van der Waals surface area contributed by atoms with Gasteiger partial charge in [-0.25, -0.2) is 13.9 Å². The summed E-state index contributed by atoms with van der Waals surface area (Å²) in [6.45, 7) is 0.606. The van der Waals surface area contributed by atoms with Gasteiger partial charge in [-0.2, -0.15) is 0 Å². The molecule has 110 valence electrons. The van der Waals surface area contributed by atoms with Crippen molar-refractivity contribution < 1.29 is 4.39 Å². The van der Waals surface area contributed by atoms with Gasteiger partial charge in [0.25, 0.3) is 0 Å². The first kappa shape index (κ1) is 13.4. The molecule has 0 aliphatic rings. The molecule has 0 aliphatic heterocycles. The van der Waals surface area contributed by atoms with Crippen molar-refractivity contribution in [1.82, 2.24) is 14.6 Å². The monoisotopic (exact) mass is 330 g/mol. The van der Waals surface area contributed by atoms with E-state index in [-0.39, 0.29) is 5.82 Å². The highest BCUT2D eigenvalue weighted by Crippen LogP contribution is 2.27. The molecular formula is C15H11FN4S2. The summed E-state index contributed by atoms with van der Waals surface area (Å²) in [7, 11) is 0. The van der Waals surface area contributed by atoms with Crippen LogP contribution in [0.15, 0.2) is 48.0 Å². The van der Waals surface area contributed by atoms with E-state index in [1.165, 1.54) is 23.5 Å². The van der Waals surface area contributed by atoms with Gasteiger partial charge in [-0.3, -0.25) is 0 Å². The van der Waals surface area contributed by atoms with Crippen LogP contribution < -0.4 is 5.32 Å². The molecule has 0 spiro atoms. The fourth-order valence-electron chi connectivity index (χ4n) is 2.09. The van der Waals surface area contributed by atoms with E-state index in [9.17, 15) is 4.39 Å². The molecule has 0 bridgehead atoms. The molecule has 0 atom stereocenters. The number of rotatable bonds is 4. The van der Waals surface area contributed by atoms with Crippen LogP contribution >= 0.6 is 22.7 Å². The van der Waals surface area contributed by atoms with Crippen LogP contribution in [0.1, 0.15) is 5.56 Å². The van der Waals surface area contributed by atoms with Crippen LogP contribution in [0.3, 0.4) is 0 Å². The van der Waals surface area contributed by atoms with Gasteiger partial charge in [-0.1, -0.05) is 29.5 Å². The Balaban J connectivity index is 1.51. The van der Waals surface area contributed by atoms with Gasteiger partial charge in [0.1, 0.15) is 11.5 Å². The molecule has 0 aliphatic carbocycles. The standard InChI is InChI=1S/C15H11FN4S2/c16-11-5-3-10(4-6-11)8-17-14-19-20-9-12(18-15(20)22-14)13-2-1-7-21-13/h1-7,9H,8H2,(H,17,19). The van der Waals surface area contributed by atoms with Crippen molar-refractivity contribution in [3.05, 3.63) is 59.4 Å². The largest absolute Gasteiger partial charge is 0.356 e. The number of benzene rings is 1. The Kier molecular flexibility index (Phi) is 3.36. The average Bonchev–Trinajstić information content (AvgIpc) is 3.22. The van der Waals surface area contributed by atoms with Crippen molar-refractivity contribution in [3.8, 4) is 10.6 Å². The minimum Gasteiger partial charge on any atom is -0.356 e. The zero-order valence-electron chi connectivity index (χ0n) is 11.4. The van der Waals surface area contributed by atoms with Crippen molar-refractivity contribution in [1.29, 1.82) is 0 Å². The van der Waals surface area contributed by atoms with Crippen LogP contribution in [0.2, 0.25) is 0 Å². The molecule has 4 rings (SSSR count). The SMILES string of the molecule is Fc1ccc(CNc2nn3cc(-c4cccs4)nc3s2)cc1. The Bertz CT molecular complexity index is 862. The lowest BCUT2D eigenvalue weighted by Gasteiger charge is -2.01. The van der Waals surface area contributed by atoms with Gasteiger partial charge in [-0.05, 0) is 29.1 Å². The van der Waals surface area contributed by atoms with Crippen LogP contribution in [0.25, 0.3) is 15.5 Å². The second-order valence-electron chi connectivity index (χ2n) is 4.72. The molecule has 7 heteroatoms. The van der Waals surface area contributed by atoms with E-state index in [1.54, 1.807) is 28.0 Å². The third-order valence-corrected chi connectivity index (χ3v) is 4.95. The molecular weight excluding hydrogens is 319 g/mol. The first-order valence-corrected chi connectivity index (χ1v) is 8.36. The van der Waals surface area contributed by atoms with E-state index in [0.29, 0.717) is 6.54 Å². The van der Waals surface area contributed by atoms with Crippen molar-refractivity contribution >= 4 is 32.8 Å². The van der Waals surface area contributed by atoms with Crippen LogP contribution in [-0.2, 0) is 6.54 Å². The molecule has 1 aromatic carbocycles. The van der Waals surface area contributed by atoms with E-state index in [4.69, 9.17) is 0 Å². The predicted octanol–water partition coefficient (Wildman–Crippen LogP) is 4.27. The number of imidazole rings is 1. The molecule has 0 saturated carbocycles. The summed E-state index contributed by atoms with van der Waals surface area (Å²) in [5, 5.41) is 10.5. The number of hydrogen-bond donors (Lipinski definition) is 1. The Morgan fingerprint density at radius 3 is 2.77 bits per heavy atom. The van der Waals surface area contributed by atoms with E-state index in [1.807, 2.05) is 23.7 Å². The second kappa shape index (κ2) is 5.51. The highest BCUT2D eigenvalue weighted by atomic mass is 32.1. The first-order chi connectivity index (χ1) is 10.8. The van der Waals surface area contributed by atoms with Crippen LogP contribution in [0.4, 0.5) is 9.52 Å². The maximum absolute atomic E-state index is 12.9. The Morgan fingerprint density at radius 1 is 1.18 bits per heavy atom. The first-order valence-electron chi connectivity index (χ1n) is 6.66. The van der Waals surface area contributed by atoms with Gasteiger partial charge in [0.05, 0.1) is 11.1 Å². The molecule has 0 unspecified atom stereocenters. The minimum absolute atomic E-state index is 0.224. The average molecular weight is 330 g/mol. The predicted molar refractivity (Wildman–Crippen MR) is 87.9 cm³/mol. The number of anilines is 1. The van der Waals surface area contributed by atoms with Gasteiger partial charge in [0.2, 0.25) is 10.1 Å². The number of aromatic nitrogens is 3. The summed E-state index contributed by atoms with van der Waals surface area (Å²) in [4.78, 5) is 6.57. The van der Waals surface area contributed by atoms with Gasteiger partial charge in [0.15, 0.2) is 0 Å². The number of thiophene rings is 1. The molecule has 22 heavy (non-hydrogen) atoms. The summed E-state index contributed by atoms with van der Waals surface area (Å²) < 4.78 is 14.6. The lowest BCUT2D eigenvalue weighted by atomic mass is 10.2. The lowest BCUT2D eigenvalue weighted by molar-refractivity contribution is 0.627. The third kappa shape index (κ3) is 2.60. The normalized spacial score (nSPS) is 11.1. The second-order valence-corrected chi connectivity index (χ2v) is 6.62. The number of fused-ring (bicyclic) bond motifs is 1. The molecule has 1 N–H and O–H groups in total. The molecule has 0 fully saturated rings. The zero-order valence-corrected chi connectivity index (χ0v) is 13.0. The molecule has 3 heterocycles. The van der Waals surface area contributed by atoms with E-state index >= 15 is 0 Å². The summed E-state index contributed by atoms with van der Waals surface area (Å²) >= 11 is 3.16.